The number of pyridine rings is 1. The van der Waals surface area contributed by atoms with E-state index in [2.05, 4.69) is 28.6 Å². The van der Waals surface area contributed by atoms with Gasteiger partial charge in [-0.05, 0) is 57.2 Å². The molecule has 0 radical (unpaired) electrons. The quantitative estimate of drug-likeness (QED) is 0.511. The number of halogens is 2. The Hall–Kier alpha value is -2.97. The van der Waals surface area contributed by atoms with Gasteiger partial charge in [-0.25, -0.2) is 4.39 Å². The van der Waals surface area contributed by atoms with Crippen molar-refractivity contribution in [1.29, 1.82) is 0 Å². The molecule has 0 aliphatic heterocycles. The van der Waals surface area contributed by atoms with E-state index in [1.165, 1.54) is 30.7 Å². The van der Waals surface area contributed by atoms with Gasteiger partial charge in [0.2, 0.25) is 0 Å². The zero-order chi connectivity index (χ0) is 25.0. The van der Waals surface area contributed by atoms with E-state index in [1.807, 2.05) is 26.2 Å². The summed E-state index contributed by atoms with van der Waals surface area (Å²) in [5.74, 6) is 1.07. The molecule has 0 amide bonds. The Labute approximate surface area is 204 Å². The topological polar surface area (TPSA) is 89.5 Å². The highest BCUT2D eigenvalue weighted by molar-refractivity contribution is 6.30. The van der Waals surface area contributed by atoms with Crippen LogP contribution in [-0.2, 0) is 9.59 Å². The van der Waals surface area contributed by atoms with Crippen LogP contribution in [0.2, 0.25) is 5.02 Å². The number of aromatic nitrogens is 1. The number of rotatable bonds is 9. The maximum atomic E-state index is 12.7. The summed E-state index contributed by atoms with van der Waals surface area (Å²) >= 11 is 5.41. The lowest BCUT2D eigenvalue weighted by Gasteiger charge is -2.36. The average Bonchev–Trinajstić information content (AvgIpc) is 3.68. The number of hydrogen-bond acceptors (Lipinski definition) is 7. The summed E-state index contributed by atoms with van der Waals surface area (Å²) < 4.78 is 22.6. The van der Waals surface area contributed by atoms with E-state index >= 15 is 0 Å². The van der Waals surface area contributed by atoms with Gasteiger partial charge in [0.25, 0.3) is 0 Å². The van der Waals surface area contributed by atoms with E-state index < -0.39 is 5.82 Å². The number of ether oxygens (including phenoxy) is 2. The van der Waals surface area contributed by atoms with Crippen LogP contribution < -0.4 is 20.1 Å². The van der Waals surface area contributed by atoms with E-state index in [4.69, 9.17) is 21.1 Å². The summed E-state index contributed by atoms with van der Waals surface area (Å²) in [6.45, 7) is 2.21. The molecule has 9 heteroatoms. The Morgan fingerprint density at radius 2 is 1.74 bits per heavy atom. The van der Waals surface area contributed by atoms with E-state index in [9.17, 15) is 14.0 Å². The number of hydrogen-bond donors (Lipinski definition) is 2. The molecule has 2 N–H and O–H groups in total. The highest BCUT2D eigenvalue weighted by atomic mass is 35.5. The number of nitrogens with zero attached hydrogens (tertiary/aromatic N) is 1. The molecule has 1 saturated carbocycles. The molecular weight excluding hydrogens is 461 g/mol. The van der Waals surface area contributed by atoms with Gasteiger partial charge in [-0.3, -0.25) is 14.6 Å². The second kappa shape index (κ2) is 13.7. The Morgan fingerprint density at radius 1 is 1.12 bits per heavy atom. The zero-order valence-electron chi connectivity index (χ0n) is 19.6. The second-order valence-electron chi connectivity index (χ2n) is 7.99. The molecule has 2 aromatic rings. The number of benzene rings is 1. The summed E-state index contributed by atoms with van der Waals surface area (Å²) in [5, 5.41) is 6.37. The lowest BCUT2D eigenvalue weighted by atomic mass is 9.84. The van der Waals surface area contributed by atoms with Gasteiger partial charge in [-0.2, -0.15) is 0 Å². The van der Waals surface area contributed by atoms with Crippen LogP contribution in [0, 0.1) is 5.82 Å². The maximum absolute atomic E-state index is 12.7. The first-order chi connectivity index (χ1) is 16.3. The van der Waals surface area contributed by atoms with Crippen LogP contribution in [0.4, 0.5) is 4.39 Å². The zero-order valence-corrected chi connectivity index (χ0v) is 20.4. The molecule has 1 fully saturated rings. The normalized spacial score (nSPS) is 18.0. The second-order valence-corrected chi connectivity index (χ2v) is 8.40. The molecular formula is C25H31ClFN3O4. The Kier molecular flexibility index (Phi) is 11.0. The monoisotopic (exact) mass is 491 g/mol. The van der Waals surface area contributed by atoms with E-state index in [0.29, 0.717) is 23.7 Å². The van der Waals surface area contributed by atoms with Crippen molar-refractivity contribution in [2.75, 3.05) is 27.3 Å². The first-order valence-electron chi connectivity index (χ1n) is 11.0. The highest BCUT2D eigenvalue weighted by Gasteiger charge is 2.29. The molecule has 0 saturated heterocycles. The van der Waals surface area contributed by atoms with Crippen molar-refractivity contribution in [3.05, 3.63) is 64.8 Å². The SMILES string of the molecule is CNC1=CC(C)(NC)C1.O=CCOc1ccc(C2CC2)nc1.O=CCOc1ccc(Cl)c(F)c1. The highest BCUT2D eigenvalue weighted by Crippen LogP contribution is 2.39. The molecule has 1 unspecified atom stereocenters. The standard InChI is InChI=1S/C10H11NO2.C8H6ClFO2.C7H14N2/c12-5-6-13-9-3-4-10(11-7-9)8-1-2-8;9-7-2-1-6(5-8(7)10)12-4-3-11;1-7(9-3)4-6(5-7)8-2/h3-5,7-8H,1-2,6H2;1-3,5H,4H2;4,8-9H,5H2,1-3H3. The predicted octanol–water partition coefficient (Wildman–Crippen LogP) is 4.07. The van der Waals surface area contributed by atoms with Gasteiger partial charge in [0, 0.05) is 42.4 Å². The molecule has 1 aromatic carbocycles. The molecule has 184 valence electrons. The molecule has 1 heterocycles. The third kappa shape index (κ3) is 9.11. The molecule has 0 bridgehead atoms. The van der Waals surface area contributed by atoms with Crippen molar-refractivity contribution in [3.63, 3.8) is 0 Å². The van der Waals surface area contributed by atoms with E-state index in [-0.39, 0.29) is 23.8 Å². The number of likely N-dealkylation sites (N-methyl/N-ethyl adjacent to an activating group) is 1. The van der Waals surface area contributed by atoms with Gasteiger partial charge < -0.3 is 20.1 Å². The summed E-state index contributed by atoms with van der Waals surface area (Å²) in [6.07, 6.45) is 8.84. The van der Waals surface area contributed by atoms with E-state index in [1.54, 1.807) is 6.20 Å². The summed E-state index contributed by atoms with van der Waals surface area (Å²) in [7, 11) is 3.95. The number of nitrogens with one attached hydrogen (secondary N) is 2. The summed E-state index contributed by atoms with van der Waals surface area (Å²) in [5.41, 5.74) is 2.74. The molecule has 1 aromatic heterocycles. The van der Waals surface area contributed by atoms with Gasteiger partial charge in [-0.1, -0.05) is 11.6 Å². The molecule has 34 heavy (non-hydrogen) atoms. The Morgan fingerprint density at radius 3 is 2.21 bits per heavy atom. The molecule has 1 atom stereocenters. The molecule has 2 aliphatic carbocycles. The van der Waals surface area contributed by atoms with Crippen molar-refractivity contribution in [2.24, 2.45) is 0 Å². The van der Waals surface area contributed by atoms with Crippen LogP contribution in [0.5, 0.6) is 11.5 Å². The smallest absolute Gasteiger partial charge is 0.157 e. The fourth-order valence-electron chi connectivity index (χ4n) is 3.00. The van der Waals surface area contributed by atoms with E-state index in [0.717, 1.165) is 24.5 Å². The van der Waals surface area contributed by atoms with Crippen LogP contribution in [0.25, 0.3) is 0 Å². The minimum Gasteiger partial charge on any atom is -0.486 e. The van der Waals surface area contributed by atoms with Gasteiger partial charge in [0.05, 0.1) is 11.2 Å². The Bertz CT molecular complexity index is 967. The van der Waals surface area contributed by atoms with Crippen molar-refractivity contribution in [2.45, 2.75) is 37.6 Å². The number of aldehydes is 2. The fourth-order valence-corrected chi connectivity index (χ4v) is 3.11. The third-order valence-electron chi connectivity index (χ3n) is 5.22. The molecule has 2 aliphatic rings. The number of carbonyl (C=O) groups is 2. The van der Waals surface area contributed by atoms with Crippen LogP contribution in [0.3, 0.4) is 0 Å². The predicted molar refractivity (Wildman–Crippen MR) is 130 cm³/mol. The summed E-state index contributed by atoms with van der Waals surface area (Å²) in [4.78, 5) is 24.2. The van der Waals surface area contributed by atoms with Gasteiger partial charge in [-0.15, -0.1) is 0 Å². The van der Waals surface area contributed by atoms with Gasteiger partial charge in [0.15, 0.2) is 12.6 Å². The van der Waals surface area contributed by atoms with Crippen LogP contribution in [0.1, 0.15) is 37.8 Å². The van der Waals surface area contributed by atoms with Crippen LogP contribution in [-0.4, -0.2) is 50.4 Å². The first kappa shape index (κ1) is 27.3. The lowest BCUT2D eigenvalue weighted by molar-refractivity contribution is -0.110. The van der Waals surface area contributed by atoms with Crippen molar-refractivity contribution >= 4 is 24.2 Å². The average molecular weight is 492 g/mol. The third-order valence-corrected chi connectivity index (χ3v) is 5.53. The fraction of sp³-hybridized carbons (Fsp3) is 0.400. The molecule has 4 rings (SSSR count). The Balaban J connectivity index is 0.000000183. The molecule has 7 nitrogen and oxygen atoms in total. The maximum Gasteiger partial charge on any atom is 0.157 e. The van der Waals surface area contributed by atoms with Crippen molar-refractivity contribution in [3.8, 4) is 11.5 Å². The van der Waals surface area contributed by atoms with Crippen LogP contribution >= 0.6 is 11.6 Å². The first-order valence-corrected chi connectivity index (χ1v) is 11.3. The van der Waals surface area contributed by atoms with Crippen molar-refractivity contribution < 1.29 is 23.5 Å². The molecule has 0 spiro atoms. The van der Waals surface area contributed by atoms with Crippen LogP contribution in [0.15, 0.2) is 48.3 Å². The largest absolute Gasteiger partial charge is 0.486 e. The van der Waals surface area contributed by atoms with Gasteiger partial charge in [0.1, 0.15) is 30.5 Å². The minimum atomic E-state index is -0.555. The number of carbonyl (C=O) groups excluding carboxylic acids is 2. The summed E-state index contributed by atoms with van der Waals surface area (Å²) in [6, 6.07) is 7.83. The lowest BCUT2D eigenvalue weighted by Crippen LogP contribution is -2.46. The minimum absolute atomic E-state index is 0.0356. The van der Waals surface area contributed by atoms with Gasteiger partial charge >= 0.3 is 0 Å². The van der Waals surface area contributed by atoms with Crippen molar-refractivity contribution in [1.82, 2.24) is 15.6 Å².